The summed E-state index contributed by atoms with van der Waals surface area (Å²) in [6, 6.07) is 20.3. The van der Waals surface area contributed by atoms with Crippen molar-refractivity contribution in [1.29, 1.82) is 0 Å². The Morgan fingerprint density at radius 2 is 1.68 bits per heavy atom. The predicted molar refractivity (Wildman–Crippen MR) is 108 cm³/mol. The molecule has 28 heavy (non-hydrogen) atoms. The average molecular weight is 374 g/mol. The summed E-state index contributed by atoms with van der Waals surface area (Å²) in [6.45, 7) is 0.645. The van der Waals surface area contributed by atoms with Gasteiger partial charge in [-0.25, -0.2) is 0 Å². The molecule has 1 aliphatic heterocycles. The van der Waals surface area contributed by atoms with Gasteiger partial charge in [-0.05, 0) is 40.5 Å². The summed E-state index contributed by atoms with van der Waals surface area (Å²) in [4.78, 5) is 27.2. The van der Waals surface area contributed by atoms with Gasteiger partial charge in [-0.15, -0.1) is 0 Å². The van der Waals surface area contributed by atoms with Gasteiger partial charge in [-0.1, -0.05) is 54.6 Å². The number of aliphatic hydroxyl groups excluding tert-OH is 1. The number of nitrogens with one attached hydrogen (secondary N) is 1. The van der Waals surface area contributed by atoms with Crippen LogP contribution in [-0.2, 0) is 17.8 Å². The van der Waals surface area contributed by atoms with Crippen molar-refractivity contribution in [1.82, 2.24) is 10.2 Å². The molecule has 5 heteroatoms. The fraction of sp³-hybridized carbons (Fsp3) is 0.217. The molecule has 3 aromatic rings. The van der Waals surface area contributed by atoms with E-state index in [-0.39, 0.29) is 11.8 Å². The minimum Gasteiger partial charge on any atom is -0.394 e. The van der Waals surface area contributed by atoms with Crippen LogP contribution in [0.2, 0.25) is 0 Å². The normalized spacial score (nSPS) is 14.4. The molecule has 0 bridgehead atoms. The molecule has 142 valence electrons. The molecule has 5 nitrogen and oxygen atoms in total. The Morgan fingerprint density at radius 3 is 2.46 bits per heavy atom. The number of hydrogen-bond donors (Lipinski definition) is 2. The standard InChI is InChI=1S/C23H22N2O3/c26-15-21(23(28)25-12-11-17-6-2-4-8-20(17)14-25)24-22(27)19-10-9-16-5-1-3-7-18(16)13-19/h1-10,13,21,26H,11-12,14-15H2,(H,24,27)/t21-/m0/s1. The van der Waals surface area contributed by atoms with Crippen LogP contribution >= 0.6 is 0 Å². The molecular weight excluding hydrogens is 352 g/mol. The Bertz CT molecular complexity index is 1030. The monoisotopic (exact) mass is 374 g/mol. The van der Waals surface area contributed by atoms with Crippen LogP contribution in [0.5, 0.6) is 0 Å². The van der Waals surface area contributed by atoms with Crippen LogP contribution in [0, 0.1) is 0 Å². The van der Waals surface area contributed by atoms with Crippen molar-refractivity contribution in [2.75, 3.05) is 13.2 Å². The van der Waals surface area contributed by atoms with Gasteiger partial charge in [0, 0.05) is 18.7 Å². The quantitative estimate of drug-likeness (QED) is 0.737. The van der Waals surface area contributed by atoms with Crippen molar-refractivity contribution in [3.8, 4) is 0 Å². The van der Waals surface area contributed by atoms with E-state index in [4.69, 9.17) is 0 Å². The van der Waals surface area contributed by atoms with E-state index >= 15 is 0 Å². The zero-order valence-electron chi connectivity index (χ0n) is 15.5. The molecule has 4 rings (SSSR count). The third-order valence-corrected chi connectivity index (χ3v) is 5.24. The summed E-state index contributed by atoms with van der Waals surface area (Å²) in [5, 5.41) is 14.4. The van der Waals surface area contributed by atoms with Gasteiger partial charge in [0.15, 0.2) is 0 Å². The van der Waals surface area contributed by atoms with Gasteiger partial charge in [0.05, 0.1) is 6.61 Å². The van der Waals surface area contributed by atoms with Crippen LogP contribution in [0.4, 0.5) is 0 Å². The largest absolute Gasteiger partial charge is 0.394 e. The van der Waals surface area contributed by atoms with Crippen LogP contribution < -0.4 is 5.32 Å². The number of benzene rings is 3. The topological polar surface area (TPSA) is 69.6 Å². The molecular formula is C23H22N2O3. The van der Waals surface area contributed by atoms with Crippen molar-refractivity contribution in [2.45, 2.75) is 19.0 Å². The second-order valence-corrected chi connectivity index (χ2v) is 7.05. The lowest BCUT2D eigenvalue weighted by Gasteiger charge is -2.31. The highest BCUT2D eigenvalue weighted by molar-refractivity contribution is 6.00. The van der Waals surface area contributed by atoms with E-state index in [2.05, 4.69) is 11.4 Å². The zero-order chi connectivity index (χ0) is 19.5. The van der Waals surface area contributed by atoms with Crippen LogP contribution in [-0.4, -0.2) is 41.0 Å². The first kappa shape index (κ1) is 18.2. The first-order valence-electron chi connectivity index (χ1n) is 9.42. The van der Waals surface area contributed by atoms with Gasteiger partial charge in [0.2, 0.25) is 5.91 Å². The van der Waals surface area contributed by atoms with Gasteiger partial charge in [-0.2, -0.15) is 0 Å². The lowest BCUT2D eigenvalue weighted by atomic mass is 9.99. The highest BCUT2D eigenvalue weighted by atomic mass is 16.3. The number of rotatable bonds is 4. The molecule has 0 aliphatic carbocycles. The van der Waals surface area contributed by atoms with E-state index in [0.717, 1.165) is 22.8 Å². The predicted octanol–water partition coefficient (Wildman–Crippen LogP) is 2.52. The van der Waals surface area contributed by atoms with Crippen LogP contribution in [0.15, 0.2) is 66.7 Å². The van der Waals surface area contributed by atoms with Crippen molar-refractivity contribution in [3.05, 3.63) is 83.4 Å². The van der Waals surface area contributed by atoms with Crippen LogP contribution in [0.3, 0.4) is 0 Å². The second kappa shape index (κ2) is 7.82. The summed E-state index contributed by atoms with van der Waals surface area (Å²) in [7, 11) is 0. The minimum atomic E-state index is -0.954. The Labute approximate surface area is 163 Å². The SMILES string of the molecule is O=C(N[C@@H](CO)C(=O)N1CCc2ccccc2C1)c1ccc2ccccc2c1. The summed E-state index contributed by atoms with van der Waals surface area (Å²) >= 11 is 0. The Kier molecular flexibility index (Phi) is 5.08. The van der Waals surface area contributed by atoms with E-state index in [9.17, 15) is 14.7 Å². The zero-order valence-corrected chi connectivity index (χ0v) is 15.5. The number of nitrogens with zero attached hydrogens (tertiary/aromatic N) is 1. The van der Waals surface area contributed by atoms with Crippen molar-refractivity contribution < 1.29 is 14.7 Å². The molecule has 0 saturated carbocycles. The van der Waals surface area contributed by atoms with E-state index in [0.29, 0.717) is 18.7 Å². The molecule has 0 spiro atoms. The summed E-state index contributed by atoms with van der Waals surface area (Å²) in [5.74, 6) is -0.623. The molecule has 2 amide bonds. The van der Waals surface area contributed by atoms with Gasteiger partial charge in [-0.3, -0.25) is 9.59 Å². The summed E-state index contributed by atoms with van der Waals surface area (Å²) in [6.07, 6.45) is 0.776. The molecule has 0 fully saturated rings. The number of carbonyl (C=O) groups excluding carboxylic acids is 2. The van der Waals surface area contributed by atoms with Crippen LogP contribution in [0.1, 0.15) is 21.5 Å². The van der Waals surface area contributed by atoms with Crippen molar-refractivity contribution >= 4 is 22.6 Å². The maximum Gasteiger partial charge on any atom is 0.252 e. The first-order chi connectivity index (χ1) is 13.7. The fourth-order valence-electron chi connectivity index (χ4n) is 3.66. The van der Waals surface area contributed by atoms with E-state index in [1.54, 1.807) is 17.0 Å². The third kappa shape index (κ3) is 3.62. The third-order valence-electron chi connectivity index (χ3n) is 5.24. The lowest BCUT2D eigenvalue weighted by Crippen LogP contribution is -2.51. The molecule has 0 unspecified atom stereocenters. The van der Waals surface area contributed by atoms with Gasteiger partial charge in [0.1, 0.15) is 6.04 Å². The molecule has 0 radical (unpaired) electrons. The summed E-state index contributed by atoms with van der Waals surface area (Å²) in [5.41, 5.74) is 2.82. The number of aliphatic hydroxyl groups is 1. The molecule has 0 aromatic heterocycles. The summed E-state index contributed by atoms with van der Waals surface area (Å²) < 4.78 is 0. The first-order valence-corrected chi connectivity index (χ1v) is 9.42. The molecule has 0 saturated heterocycles. The Balaban J connectivity index is 1.47. The molecule has 1 atom stereocenters. The fourth-order valence-corrected chi connectivity index (χ4v) is 3.66. The molecule has 1 aliphatic rings. The smallest absolute Gasteiger partial charge is 0.252 e. The number of hydrogen-bond acceptors (Lipinski definition) is 3. The van der Waals surface area contributed by atoms with E-state index in [1.807, 2.05) is 48.5 Å². The molecule has 1 heterocycles. The van der Waals surface area contributed by atoms with E-state index in [1.165, 1.54) is 5.56 Å². The minimum absolute atomic E-state index is 0.258. The van der Waals surface area contributed by atoms with Crippen molar-refractivity contribution in [3.63, 3.8) is 0 Å². The van der Waals surface area contributed by atoms with Gasteiger partial charge < -0.3 is 15.3 Å². The number of amides is 2. The lowest BCUT2D eigenvalue weighted by molar-refractivity contribution is -0.135. The molecule has 2 N–H and O–H groups in total. The Morgan fingerprint density at radius 1 is 0.964 bits per heavy atom. The Hall–Kier alpha value is -3.18. The van der Waals surface area contributed by atoms with E-state index < -0.39 is 12.6 Å². The highest BCUT2D eigenvalue weighted by Crippen LogP contribution is 2.19. The second-order valence-electron chi connectivity index (χ2n) is 7.05. The number of fused-ring (bicyclic) bond motifs is 2. The number of carbonyl (C=O) groups is 2. The van der Waals surface area contributed by atoms with Gasteiger partial charge >= 0.3 is 0 Å². The van der Waals surface area contributed by atoms with Gasteiger partial charge in [0.25, 0.3) is 5.91 Å². The molecule has 3 aromatic carbocycles. The van der Waals surface area contributed by atoms with Crippen molar-refractivity contribution in [2.24, 2.45) is 0 Å². The van der Waals surface area contributed by atoms with Crippen LogP contribution in [0.25, 0.3) is 10.8 Å². The highest BCUT2D eigenvalue weighted by Gasteiger charge is 2.28. The average Bonchev–Trinajstić information content (AvgIpc) is 2.76. The maximum absolute atomic E-state index is 12.9. The maximum atomic E-state index is 12.9.